The van der Waals surface area contributed by atoms with Crippen molar-refractivity contribution in [1.82, 2.24) is 10.2 Å². The van der Waals surface area contributed by atoms with E-state index in [0.717, 1.165) is 19.5 Å². The molecular weight excluding hydrogens is 184 g/mol. The largest absolute Gasteiger partial charge is 0.391 e. The molecule has 1 N–H and O–H groups in total. The average molecular weight is 202 g/mol. The number of benzene rings is 1. The number of hydrogen-bond donors (Lipinski definition) is 1. The molecule has 1 aromatic rings. The van der Waals surface area contributed by atoms with E-state index in [0.29, 0.717) is 0 Å². The van der Waals surface area contributed by atoms with Crippen LogP contribution >= 0.6 is 0 Å². The van der Waals surface area contributed by atoms with Crippen LogP contribution in [0.2, 0.25) is 0 Å². The Bertz CT molecular complexity index is 354. The minimum atomic E-state index is 1.04. The number of rotatable bonds is 2. The van der Waals surface area contributed by atoms with Crippen molar-refractivity contribution in [1.29, 1.82) is 0 Å². The molecule has 0 aromatic heterocycles. The lowest BCUT2D eigenvalue weighted by Crippen LogP contribution is -2.30. The summed E-state index contributed by atoms with van der Waals surface area (Å²) in [4.78, 5) is 2.36. The smallest absolute Gasteiger partial charge is 0.0253 e. The average Bonchev–Trinajstić information content (AvgIpc) is 2.30. The lowest BCUT2D eigenvalue weighted by Gasteiger charge is -2.28. The van der Waals surface area contributed by atoms with Crippen LogP contribution in [0.1, 0.15) is 12.0 Å². The summed E-state index contributed by atoms with van der Waals surface area (Å²) in [6.45, 7) is 2.19. The third kappa shape index (κ3) is 2.21. The van der Waals surface area contributed by atoms with E-state index >= 15 is 0 Å². The van der Waals surface area contributed by atoms with Crippen LogP contribution in [0, 0.1) is 0 Å². The van der Waals surface area contributed by atoms with Crippen molar-refractivity contribution in [3.05, 3.63) is 41.6 Å². The summed E-state index contributed by atoms with van der Waals surface area (Å²) in [6.07, 6.45) is 1.12. The second kappa shape index (κ2) is 4.49. The molecule has 0 unspecified atom stereocenters. The molecule has 2 rings (SSSR count). The third-order valence-electron chi connectivity index (χ3n) is 2.96. The van der Waals surface area contributed by atoms with Crippen LogP contribution in [-0.4, -0.2) is 32.1 Å². The number of likely N-dealkylation sites (N-methyl/N-ethyl adjacent to an activating group) is 1. The summed E-state index contributed by atoms with van der Waals surface area (Å²) in [5.41, 5.74) is 4.17. The fourth-order valence-electron chi connectivity index (χ4n) is 2.08. The van der Waals surface area contributed by atoms with Gasteiger partial charge in [-0.3, -0.25) is 0 Å². The molecule has 1 aromatic carbocycles. The van der Waals surface area contributed by atoms with Gasteiger partial charge in [-0.15, -0.1) is 0 Å². The molecule has 0 saturated carbocycles. The fraction of sp³-hybridized carbons (Fsp3) is 0.385. The Labute approximate surface area is 91.6 Å². The minimum absolute atomic E-state index is 1.04. The van der Waals surface area contributed by atoms with Crippen LogP contribution in [0.3, 0.4) is 0 Å². The van der Waals surface area contributed by atoms with Gasteiger partial charge in [0, 0.05) is 32.3 Å². The first kappa shape index (κ1) is 10.2. The Morgan fingerprint density at radius 3 is 2.60 bits per heavy atom. The second-order valence-electron chi connectivity index (χ2n) is 4.06. The Morgan fingerprint density at radius 2 is 1.93 bits per heavy atom. The molecule has 1 heterocycles. The monoisotopic (exact) mass is 202 g/mol. The van der Waals surface area contributed by atoms with Crippen LogP contribution < -0.4 is 5.32 Å². The molecule has 1 aliphatic heterocycles. The Hall–Kier alpha value is -1.28. The Kier molecular flexibility index (Phi) is 3.07. The van der Waals surface area contributed by atoms with Crippen molar-refractivity contribution in [3.63, 3.8) is 0 Å². The lowest BCUT2D eigenvalue weighted by atomic mass is 9.99. The molecule has 0 fully saturated rings. The highest BCUT2D eigenvalue weighted by Gasteiger charge is 2.16. The molecule has 0 amide bonds. The first-order chi connectivity index (χ1) is 7.31. The first-order valence-electron chi connectivity index (χ1n) is 5.45. The SMILES string of the molecule is CNC1=C(c2ccccc2)CN(C)CC1. The van der Waals surface area contributed by atoms with Gasteiger partial charge in [-0.25, -0.2) is 0 Å². The van der Waals surface area contributed by atoms with E-state index in [1.165, 1.54) is 16.8 Å². The molecule has 0 radical (unpaired) electrons. The van der Waals surface area contributed by atoms with Crippen LogP contribution in [0.5, 0.6) is 0 Å². The highest BCUT2D eigenvalue weighted by molar-refractivity contribution is 5.70. The quantitative estimate of drug-likeness (QED) is 0.788. The van der Waals surface area contributed by atoms with Gasteiger partial charge in [0.25, 0.3) is 0 Å². The standard InChI is InChI=1S/C13H18N2/c1-14-13-8-9-15(2)10-12(13)11-6-4-3-5-7-11/h3-7,14H,8-10H2,1-2H3. The van der Waals surface area contributed by atoms with E-state index in [1.54, 1.807) is 0 Å². The zero-order valence-electron chi connectivity index (χ0n) is 9.46. The van der Waals surface area contributed by atoms with Crippen LogP contribution in [0.4, 0.5) is 0 Å². The van der Waals surface area contributed by atoms with E-state index in [9.17, 15) is 0 Å². The molecule has 2 heteroatoms. The molecule has 0 bridgehead atoms. The van der Waals surface area contributed by atoms with Gasteiger partial charge in [-0.2, -0.15) is 0 Å². The zero-order valence-corrected chi connectivity index (χ0v) is 9.46. The molecular formula is C13H18N2. The first-order valence-corrected chi connectivity index (χ1v) is 5.45. The molecule has 0 spiro atoms. The third-order valence-corrected chi connectivity index (χ3v) is 2.96. The van der Waals surface area contributed by atoms with Gasteiger partial charge in [-0.1, -0.05) is 30.3 Å². The van der Waals surface area contributed by atoms with Crippen LogP contribution in [0.25, 0.3) is 5.57 Å². The highest BCUT2D eigenvalue weighted by Crippen LogP contribution is 2.23. The van der Waals surface area contributed by atoms with E-state index in [1.807, 2.05) is 7.05 Å². The van der Waals surface area contributed by atoms with Crippen LogP contribution in [0.15, 0.2) is 36.0 Å². The molecule has 2 nitrogen and oxygen atoms in total. The highest BCUT2D eigenvalue weighted by atomic mass is 15.1. The summed E-state index contributed by atoms with van der Waals surface area (Å²) < 4.78 is 0. The lowest BCUT2D eigenvalue weighted by molar-refractivity contribution is 0.362. The van der Waals surface area contributed by atoms with E-state index < -0.39 is 0 Å². The molecule has 80 valence electrons. The fourth-order valence-corrected chi connectivity index (χ4v) is 2.08. The predicted octanol–water partition coefficient (Wildman–Crippen LogP) is 1.95. The minimum Gasteiger partial charge on any atom is -0.391 e. The summed E-state index contributed by atoms with van der Waals surface area (Å²) in [5, 5.41) is 3.33. The van der Waals surface area contributed by atoms with Crippen molar-refractivity contribution in [2.45, 2.75) is 6.42 Å². The van der Waals surface area contributed by atoms with Gasteiger partial charge in [0.1, 0.15) is 0 Å². The normalized spacial score (nSPS) is 18.0. The summed E-state index contributed by atoms with van der Waals surface area (Å²) in [6, 6.07) is 10.6. The molecule has 1 aliphatic rings. The molecule has 0 atom stereocenters. The van der Waals surface area contributed by atoms with Crippen molar-refractivity contribution in [2.75, 3.05) is 27.2 Å². The van der Waals surface area contributed by atoms with Gasteiger partial charge in [-0.05, 0) is 18.2 Å². The van der Waals surface area contributed by atoms with Gasteiger partial charge in [0.2, 0.25) is 0 Å². The summed E-state index contributed by atoms with van der Waals surface area (Å²) >= 11 is 0. The maximum atomic E-state index is 3.33. The maximum absolute atomic E-state index is 3.33. The molecule has 0 saturated heterocycles. The van der Waals surface area contributed by atoms with E-state index in [2.05, 4.69) is 47.6 Å². The van der Waals surface area contributed by atoms with Gasteiger partial charge in [0.05, 0.1) is 0 Å². The number of nitrogens with one attached hydrogen (secondary N) is 1. The molecule has 0 aliphatic carbocycles. The van der Waals surface area contributed by atoms with Crippen molar-refractivity contribution in [3.8, 4) is 0 Å². The van der Waals surface area contributed by atoms with Gasteiger partial charge >= 0.3 is 0 Å². The van der Waals surface area contributed by atoms with Crippen molar-refractivity contribution >= 4 is 5.57 Å². The Morgan fingerprint density at radius 1 is 1.20 bits per heavy atom. The van der Waals surface area contributed by atoms with Crippen molar-refractivity contribution in [2.24, 2.45) is 0 Å². The summed E-state index contributed by atoms with van der Waals surface area (Å²) in [5.74, 6) is 0. The zero-order chi connectivity index (χ0) is 10.7. The van der Waals surface area contributed by atoms with E-state index in [-0.39, 0.29) is 0 Å². The number of nitrogens with zero attached hydrogens (tertiary/aromatic N) is 1. The summed E-state index contributed by atoms with van der Waals surface area (Å²) in [7, 11) is 4.19. The van der Waals surface area contributed by atoms with Gasteiger partial charge < -0.3 is 10.2 Å². The van der Waals surface area contributed by atoms with Crippen LogP contribution in [-0.2, 0) is 0 Å². The van der Waals surface area contributed by atoms with Crippen molar-refractivity contribution < 1.29 is 0 Å². The number of hydrogen-bond acceptors (Lipinski definition) is 2. The molecule has 15 heavy (non-hydrogen) atoms. The maximum Gasteiger partial charge on any atom is 0.0253 e. The van der Waals surface area contributed by atoms with E-state index in [4.69, 9.17) is 0 Å². The van der Waals surface area contributed by atoms with Gasteiger partial charge in [0.15, 0.2) is 0 Å². The second-order valence-corrected chi connectivity index (χ2v) is 4.06. The predicted molar refractivity (Wildman–Crippen MR) is 64.5 cm³/mol. The Balaban J connectivity index is 2.35. The topological polar surface area (TPSA) is 15.3 Å².